The first-order valence-corrected chi connectivity index (χ1v) is 9.76. The van der Waals surface area contributed by atoms with Crippen molar-refractivity contribution < 1.29 is 9.53 Å². The summed E-state index contributed by atoms with van der Waals surface area (Å²) in [7, 11) is 0. The average molecular weight is 357 g/mol. The Morgan fingerprint density at radius 2 is 2.24 bits per heavy atom. The maximum Gasteiger partial charge on any atom is 0.254 e. The third kappa shape index (κ3) is 3.76. The van der Waals surface area contributed by atoms with Gasteiger partial charge >= 0.3 is 0 Å². The first-order valence-electron chi connectivity index (χ1n) is 8.82. The van der Waals surface area contributed by atoms with Crippen LogP contribution in [0.15, 0.2) is 41.2 Å². The molecule has 1 unspecified atom stereocenters. The van der Waals surface area contributed by atoms with Gasteiger partial charge in [-0.1, -0.05) is 6.07 Å². The van der Waals surface area contributed by atoms with Crippen LogP contribution in [0.5, 0.6) is 0 Å². The van der Waals surface area contributed by atoms with Gasteiger partial charge in [-0.25, -0.2) is 0 Å². The molecule has 2 saturated heterocycles. The number of hydrogen-bond acceptors (Lipinski definition) is 5. The quantitative estimate of drug-likeness (QED) is 0.847. The number of ether oxygens (including phenoxy) is 1. The Morgan fingerprint density at radius 1 is 1.28 bits per heavy atom. The van der Waals surface area contributed by atoms with Crippen molar-refractivity contribution in [3.8, 4) is 0 Å². The van der Waals surface area contributed by atoms with Gasteiger partial charge in [0.05, 0.1) is 30.0 Å². The van der Waals surface area contributed by atoms with E-state index in [1.54, 1.807) is 11.3 Å². The van der Waals surface area contributed by atoms with Gasteiger partial charge in [0, 0.05) is 31.2 Å². The van der Waals surface area contributed by atoms with E-state index in [-0.39, 0.29) is 11.5 Å². The first-order chi connectivity index (χ1) is 12.2. The summed E-state index contributed by atoms with van der Waals surface area (Å²) in [4.78, 5) is 21.5. The molecule has 0 aliphatic carbocycles. The predicted molar refractivity (Wildman–Crippen MR) is 97.7 cm³/mol. The van der Waals surface area contributed by atoms with Crippen molar-refractivity contribution in [2.45, 2.75) is 25.0 Å². The SMILES string of the molecule is O=C(c1ccsc1)N1CCOC2(CCCN(Cc3ccccn3)C2)C1. The van der Waals surface area contributed by atoms with Gasteiger partial charge in [-0.05, 0) is 43.0 Å². The minimum atomic E-state index is -0.239. The van der Waals surface area contributed by atoms with E-state index in [2.05, 4.69) is 16.0 Å². The number of likely N-dealkylation sites (tertiary alicyclic amines) is 1. The van der Waals surface area contributed by atoms with Crippen molar-refractivity contribution in [2.75, 3.05) is 32.8 Å². The van der Waals surface area contributed by atoms with Crippen LogP contribution in [-0.4, -0.2) is 59.1 Å². The highest BCUT2D eigenvalue weighted by Gasteiger charge is 2.41. The standard InChI is InChI=1S/C19H23N3O2S/c23-18(16-5-11-25-13-16)22-9-10-24-19(15-22)6-3-8-21(14-19)12-17-4-1-2-7-20-17/h1-2,4-5,7,11,13H,3,6,8-10,12,14-15H2. The third-order valence-electron chi connectivity index (χ3n) is 5.03. The molecule has 0 N–H and O–H groups in total. The lowest BCUT2D eigenvalue weighted by Gasteiger charge is -2.48. The van der Waals surface area contributed by atoms with Gasteiger partial charge < -0.3 is 9.64 Å². The molecule has 2 aliphatic rings. The molecule has 0 aromatic carbocycles. The van der Waals surface area contributed by atoms with Gasteiger partial charge in [0.25, 0.3) is 5.91 Å². The molecule has 1 amide bonds. The van der Waals surface area contributed by atoms with E-state index in [1.165, 1.54) is 0 Å². The zero-order valence-electron chi connectivity index (χ0n) is 14.3. The fourth-order valence-electron chi connectivity index (χ4n) is 3.88. The molecular weight excluding hydrogens is 334 g/mol. The maximum atomic E-state index is 12.7. The lowest BCUT2D eigenvalue weighted by Crippen LogP contribution is -2.60. The second-order valence-electron chi connectivity index (χ2n) is 6.91. The fraction of sp³-hybridized carbons (Fsp3) is 0.474. The van der Waals surface area contributed by atoms with Crippen LogP contribution in [0.3, 0.4) is 0 Å². The summed E-state index contributed by atoms with van der Waals surface area (Å²) in [5, 5.41) is 3.89. The number of piperidine rings is 1. The summed E-state index contributed by atoms with van der Waals surface area (Å²) in [5.41, 5.74) is 1.64. The Bertz CT molecular complexity index is 703. The van der Waals surface area contributed by atoms with Crippen LogP contribution in [0.4, 0.5) is 0 Å². The highest BCUT2D eigenvalue weighted by atomic mass is 32.1. The van der Waals surface area contributed by atoms with E-state index in [4.69, 9.17) is 4.74 Å². The van der Waals surface area contributed by atoms with Crippen LogP contribution in [0.25, 0.3) is 0 Å². The maximum absolute atomic E-state index is 12.7. The zero-order chi connectivity index (χ0) is 17.1. The molecule has 0 saturated carbocycles. The largest absolute Gasteiger partial charge is 0.370 e. The molecule has 6 heteroatoms. The van der Waals surface area contributed by atoms with Crippen molar-refractivity contribution >= 4 is 17.2 Å². The minimum absolute atomic E-state index is 0.130. The second-order valence-corrected chi connectivity index (χ2v) is 7.69. The Morgan fingerprint density at radius 3 is 3.04 bits per heavy atom. The molecule has 5 nitrogen and oxygen atoms in total. The van der Waals surface area contributed by atoms with Gasteiger partial charge in [-0.15, -0.1) is 0 Å². The van der Waals surface area contributed by atoms with Crippen molar-refractivity contribution in [2.24, 2.45) is 0 Å². The number of carbonyl (C=O) groups excluding carboxylic acids is 1. The average Bonchev–Trinajstić information content (AvgIpc) is 3.17. The van der Waals surface area contributed by atoms with Crippen LogP contribution in [0.2, 0.25) is 0 Å². The minimum Gasteiger partial charge on any atom is -0.370 e. The van der Waals surface area contributed by atoms with Crippen molar-refractivity contribution in [3.05, 3.63) is 52.5 Å². The van der Waals surface area contributed by atoms with E-state index in [9.17, 15) is 4.79 Å². The second kappa shape index (κ2) is 7.23. The number of morpholine rings is 1. The Labute approximate surface area is 152 Å². The number of nitrogens with zero attached hydrogens (tertiary/aromatic N) is 3. The van der Waals surface area contributed by atoms with Crippen molar-refractivity contribution in [3.63, 3.8) is 0 Å². The zero-order valence-corrected chi connectivity index (χ0v) is 15.1. The van der Waals surface area contributed by atoms with Gasteiger partial charge in [-0.3, -0.25) is 14.7 Å². The Balaban J connectivity index is 1.44. The number of thiophene rings is 1. The smallest absolute Gasteiger partial charge is 0.254 e. The van der Waals surface area contributed by atoms with Crippen molar-refractivity contribution in [1.82, 2.24) is 14.8 Å². The number of aromatic nitrogens is 1. The summed E-state index contributed by atoms with van der Waals surface area (Å²) in [6.45, 7) is 4.73. The van der Waals surface area contributed by atoms with Crippen molar-refractivity contribution in [1.29, 1.82) is 0 Å². The van der Waals surface area contributed by atoms with Gasteiger partial charge in [0.2, 0.25) is 0 Å². The van der Waals surface area contributed by atoms with E-state index in [0.717, 1.165) is 43.7 Å². The molecule has 1 spiro atoms. The van der Waals surface area contributed by atoms with E-state index in [0.29, 0.717) is 19.7 Å². The highest BCUT2D eigenvalue weighted by Crippen LogP contribution is 2.30. The molecule has 0 bridgehead atoms. The highest BCUT2D eigenvalue weighted by molar-refractivity contribution is 7.08. The molecule has 25 heavy (non-hydrogen) atoms. The fourth-order valence-corrected chi connectivity index (χ4v) is 4.51. The molecule has 1 atom stereocenters. The monoisotopic (exact) mass is 357 g/mol. The molecule has 2 fully saturated rings. The lowest BCUT2D eigenvalue weighted by molar-refractivity contribution is -0.133. The number of carbonyl (C=O) groups is 1. The molecule has 2 aliphatic heterocycles. The van der Waals surface area contributed by atoms with Crippen LogP contribution in [-0.2, 0) is 11.3 Å². The van der Waals surface area contributed by atoms with Gasteiger partial charge in [0.1, 0.15) is 0 Å². The molecule has 0 radical (unpaired) electrons. The summed E-state index contributed by atoms with van der Waals surface area (Å²) in [5.74, 6) is 0.130. The lowest BCUT2D eigenvalue weighted by atomic mass is 9.90. The summed E-state index contributed by atoms with van der Waals surface area (Å²) < 4.78 is 6.22. The number of hydrogen-bond donors (Lipinski definition) is 0. The van der Waals surface area contributed by atoms with Gasteiger partial charge in [0.15, 0.2) is 0 Å². The van der Waals surface area contributed by atoms with E-state index >= 15 is 0 Å². The summed E-state index contributed by atoms with van der Waals surface area (Å²) in [6.07, 6.45) is 3.94. The van der Waals surface area contributed by atoms with E-state index in [1.807, 2.05) is 40.1 Å². The van der Waals surface area contributed by atoms with Crippen LogP contribution in [0.1, 0.15) is 28.9 Å². The summed E-state index contributed by atoms with van der Waals surface area (Å²) >= 11 is 1.57. The molecule has 4 rings (SSSR count). The number of amides is 1. The van der Waals surface area contributed by atoms with E-state index < -0.39 is 0 Å². The third-order valence-corrected chi connectivity index (χ3v) is 5.72. The first kappa shape index (κ1) is 16.7. The molecule has 132 valence electrons. The number of pyridine rings is 1. The Hall–Kier alpha value is -1.76. The molecule has 2 aromatic heterocycles. The van der Waals surface area contributed by atoms with Gasteiger partial charge in [-0.2, -0.15) is 11.3 Å². The predicted octanol–water partition coefficient (Wildman–Crippen LogP) is 2.65. The molecule has 4 heterocycles. The Kier molecular flexibility index (Phi) is 4.83. The van der Waals surface area contributed by atoms with Crippen LogP contribution >= 0.6 is 11.3 Å². The number of rotatable bonds is 3. The molecular formula is C19H23N3O2S. The van der Waals surface area contributed by atoms with Crippen LogP contribution in [0, 0.1) is 0 Å². The summed E-state index contributed by atoms with van der Waals surface area (Å²) in [6, 6.07) is 7.94. The topological polar surface area (TPSA) is 45.7 Å². The normalized spacial score (nSPS) is 24.6. The van der Waals surface area contributed by atoms with Crippen LogP contribution < -0.4 is 0 Å². The molecule has 2 aromatic rings.